The number of nitrogens with one attached hydrogen (secondary N) is 5. The van der Waals surface area contributed by atoms with Crippen molar-refractivity contribution in [3.05, 3.63) is 45.5 Å². The Bertz CT molecular complexity index is 1170. The predicted molar refractivity (Wildman–Crippen MR) is 126 cm³/mol. The van der Waals surface area contributed by atoms with E-state index in [2.05, 4.69) is 25.9 Å². The van der Waals surface area contributed by atoms with Gasteiger partial charge in [0.25, 0.3) is 5.96 Å². The molecule has 0 bridgehead atoms. The van der Waals surface area contributed by atoms with Crippen LogP contribution in [0.25, 0.3) is 0 Å². The molecule has 2 aromatic rings. The second-order valence-electron chi connectivity index (χ2n) is 7.00. The van der Waals surface area contributed by atoms with Crippen molar-refractivity contribution in [2.24, 2.45) is 0 Å². The molecule has 1 aromatic heterocycles. The van der Waals surface area contributed by atoms with Gasteiger partial charge in [-0.1, -0.05) is 11.5 Å². The van der Waals surface area contributed by atoms with E-state index in [0.717, 1.165) is 23.9 Å². The second kappa shape index (κ2) is 12.4. The van der Waals surface area contributed by atoms with Gasteiger partial charge in [0.05, 0.1) is 5.56 Å². The Labute approximate surface area is 206 Å². The predicted octanol–water partition coefficient (Wildman–Crippen LogP) is 2.18. The average Bonchev–Trinajstić information content (AvgIpc) is 2.79. The molecule has 2 rings (SSSR count). The van der Waals surface area contributed by atoms with Crippen LogP contribution in [0.1, 0.15) is 24.0 Å². The van der Waals surface area contributed by atoms with Crippen LogP contribution in [0.2, 0.25) is 0 Å². The maximum absolute atomic E-state index is 13.1. The smallest absolute Gasteiger partial charge is 0.374 e. The van der Waals surface area contributed by atoms with Gasteiger partial charge in [0.1, 0.15) is 22.7 Å². The van der Waals surface area contributed by atoms with Gasteiger partial charge < -0.3 is 21.7 Å². The molecule has 7 N–H and O–H groups in total. The summed E-state index contributed by atoms with van der Waals surface area (Å²) in [5.74, 6) is -1.67. The molecule has 0 aliphatic rings. The fourth-order valence-corrected chi connectivity index (χ4v) is 3.44. The zero-order valence-corrected chi connectivity index (χ0v) is 19.5. The van der Waals surface area contributed by atoms with E-state index in [-0.39, 0.29) is 47.4 Å². The molecule has 1 atom stereocenters. The topological polar surface area (TPSA) is 208 Å². The van der Waals surface area contributed by atoms with Crippen LogP contribution in [0.4, 0.5) is 30.6 Å². The number of hydrogen-bond donors (Lipinski definition) is 6. The number of amides is 1. The Morgan fingerprint density at radius 1 is 1.39 bits per heavy atom. The Morgan fingerprint density at radius 3 is 2.72 bits per heavy atom. The first-order chi connectivity index (χ1) is 16.9. The maximum Gasteiger partial charge on any atom is 0.416 e. The third-order valence-electron chi connectivity index (χ3n) is 4.46. The summed E-state index contributed by atoms with van der Waals surface area (Å²) in [4.78, 5) is 31.2. The Kier molecular flexibility index (Phi) is 9.61. The highest BCUT2D eigenvalue weighted by Gasteiger charge is 2.31. The molecule has 0 fully saturated rings. The number of nitrogen functional groups attached to an aromatic ring is 1. The molecule has 1 aromatic carbocycles. The van der Waals surface area contributed by atoms with Crippen LogP contribution in [0.5, 0.6) is 0 Å². The number of nitriles is 1. The SMILES string of the molecule is CSc1nc(N)nc(NC(=O)[C@H](CCCNC(=N)N[N+](=O)[O-])Nc2cccc(C(F)(F)F)c2)c1C#N. The summed E-state index contributed by atoms with van der Waals surface area (Å²) in [7, 11) is 0. The molecule has 1 heterocycles. The Balaban J connectivity index is 2.24. The Hall–Kier alpha value is -4.33. The number of halogens is 3. The molecule has 1 amide bonds. The van der Waals surface area contributed by atoms with Gasteiger partial charge in [-0.05, 0) is 37.3 Å². The van der Waals surface area contributed by atoms with Gasteiger partial charge in [0, 0.05) is 12.2 Å². The van der Waals surface area contributed by atoms with Crippen molar-refractivity contribution in [1.82, 2.24) is 20.7 Å². The molecule has 36 heavy (non-hydrogen) atoms. The van der Waals surface area contributed by atoms with E-state index >= 15 is 0 Å². The van der Waals surface area contributed by atoms with Crippen LogP contribution in [0.15, 0.2) is 29.3 Å². The molecular weight excluding hydrogens is 505 g/mol. The van der Waals surface area contributed by atoms with Gasteiger partial charge >= 0.3 is 6.18 Å². The number of nitro groups is 1. The highest BCUT2D eigenvalue weighted by Crippen LogP contribution is 2.31. The van der Waals surface area contributed by atoms with Crippen molar-refractivity contribution >= 4 is 41.1 Å². The second-order valence-corrected chi connectivity index (χ2v) is 7.80. The lowest BCUT2D eigenvalue weighted by molar-refractivity contribution is -0.525. The maximum atomic E-state index is 13.1. The standard InChI is InChI=1S/C19H21F3N10O3S/c1-36-16-12(9-23)14(29-18(25)30-16)28-15(33)13(6-3-7-26-17(24)31-32(34)35)27-11-5-2-4-10(8-11)19(20,21)22/h2,4-5,8,13,27H,3,6-7H2,1H3,(H3,24,26,31)(H3,25,28,29,30,33)/t13-/m0/s1. The van der Waals surface area contributed by atoms with E-state index < -0.39 is 34.7 Å². The molecule has 0 saturated carbocycles. The number of benzene rings is 1. The molecule has 0 unspecified atom stereocenters. The molecule has 192 valence electrons. The number of alkyl halides is 3. The quantitative estimate of drug-likeness (QED) is 0.0503. The number of anilines is 3. The van der Waals surface area contributed by atoms with Crippen LogP contribution in [0.3, 0.4) is 0 Å². The van der Waals surface area contributed by atoms with Crippen LogP contribution in [0, 0.1) is 26.9 Å². The minimum Gasteiger partial charge on any atom is -0.374 e. The van der Waals surface area contributed by atoms with Gasteiger partial charge in [0.15, 0.2) is 10.9 Å². The molecule has 0 spiro atoms. The molecule has 0 saturated heterocycles. The molecular formula is C19H21F3N10O3S. The number of rotatable bonds is 10. The number of aromatic nitrogens is 2. The zero-order valence-electron chi connectivity index (χ0n) is 18.6. The molecule has 13 nitrogen and oxygen atoms in total. The van der Waals surface area contributed by atoms with Crippen LogP contribution in [-0.2, 0) is 11.0 Å². The number of nitrogens with zero attached hydrogens (tertiary/aromatic N) is 4. The number of thioether (sulfide) groups is 1. The summed E-state index contributed by atoms with van der Waals surface area (Å²) in [6.07, 6.45) is -2.75. The monoisotopic (exact) mass is 526 g/mol. The first kappa shape index (κ1) is 27.9. The number of hydrazine groups is 1. The minimum absolute atomic E-state index is 0.00760. The van der Waals surface area contributed by atoms with Crippen molar-refractivity contribution in [1.29, 1.82) is 10.7 Å². The summed E-state index contributed by atoms with van der Waals surface area (Å²) < 4.78 is 39.3. The first-order valence-electron chi connectivity index (χ1n) is 10.0. The van der Waals surface area contributed by atoms with E-state index in [1.165, 1.54) is 12.1 Å². The summed E-state index contributed by atoms with van der Waals surface area (Å²) >= 11 is 1.10. The van der Waals surface area contributed by atoms with E-state index in [1.807, 2.05) is 6.07 Å². The van der Waals surface area contributed by atoms with Crippen LogP contribution >= 0.6 is 11.8 Å². The van der Waals surface area contributed by atoms with Crippen LogP contribution < -0.4 is 27.1 Å². The highest BCUT2D eigenvalue weighted by atomic mass is 32.2. The van der Waals surface area contributed by atoms with E-state index in [9.17, 15) is 33.3 Å². The van der Waals surface area contributed by atoms with E-state index in [1.54, 1.807) is 11.7 Å². The van der Waals surface area contributed by atoms with E-state index in [4.69, 9.17) is 11.1 Å². The highest BCUT2D eigenvalue weighted by molar-refractivity contribution is 7.98. The van der Waals surface area contributed by atoms with Gasteiger partial charge in [0.2, 0.25) is 11.9 Å². The average molecular weight is 527 g/mol. The summed E-state index contributed by atoms with van der Waals surface area (Å²) in [5.41, 5.74) is 6.31. The fourth-order valence-electron chi connectivity index (χ4n) is 2.91. The lowest BCUT2D eigenvalue weighted by Crippen LogP contribution is -2.41. The lowest BCUT2D eigenvalue weighted by atomic mass is 10.1. The number of carbonyl (C=O) groups is 1. The molecule has 17 heteroatoms. The van der Waals surface area contributed by atoms with Gasteiger partial charge in [-0.25, -0.2) is 15.1 Å². The van der Waals surface area contributed by atoms with Crippen LogP contribution in [-0.4, -0.2) is 45.7 Å². The third-order valence-corrected chi connectivity index (χ3v) is 5.14. The number of guanidine groups is 1. The molecule has 0 aliphatic heterocycles. The van der Waals surface area contributed by atoms with Crippen molar-refractivity contribution in [3.8, 4) is 6.07 Å². The number of nitrogens with two attached hydrogens (primary N) is 1. The van der Waals surface area contributed by atoms with E-state index in [0.29, 0.717) is 0 Å². The third kappa shape index (κ3) is 8.16. The van der Waals surface area contributed by atoms with Crippen molar-refractivity contribution in [2.75, 3.05) is 29.2 Å². The normalized spacial score (nSPS) is 11.6. The van der Waals surface area contributed by atoms with Gasteiger partial charge in [-0.3, -0.25) is 10.2 Å². The van der Waals surface area contributed by atoms with Crippen molar-refractivity contribution in [3.63, 3.8) is 0 Å². The van der Waals surface area contributed by atoms with Gasteiger partial charge in [-0.15, -0.1) is 11.8 Å². The lowest BCUT2D eigenvalue weighted by Gasteiger charge is -2.21. The number of hydrogen-bond acceptors (Lipinski definition) is 10. The number of carbonyl (C=O) groups excluding carboxylic acids is 1. The first-order valence-corrected chi connectivity index (χ1v) is 11.3. The van der Waals surface area contributed by atoms with Crippen molar-refractivity contribution in [2.45, 2.75) is 30.1 Å². The summed E-state index contributed by atoms with van der Waals surface area (Å²) in [6, 6.07) is 5.01. The molecule has 0 radical (unpaired) electrons. The Morgan fingerprint density at radius 2 is 2.11 bits per heavy atom. The minimum atomic E-state index is -4.60. The van der Waals surface area contributed by atoms with Crippen molar-refractivity contribution < 1.29 is 23.0 Å². The fraction of sp³-hybridized carbons (Fsp3) is 0.316. The summed E-state index contributed by atoms with van der Waals surface area (Å²) in [6.45, 7) is 0.0360. The van der Waals surface area contributed by atoms with Gasteiger partial charge in [-0.2, -0.15) is 23.4 Å². The molecule has 0 aliphatic carbocycles. The largest absolute Gasteiger partial charge is 0.416 e. The zero-order chi connectivity index (χ0) is 26.9. The summed E-state index contributed by atoms with van der Waals surface area (Å²) in [5, 5.41) is 34.1.